The SMILES string of the molecule is CN1C(=O)c2cccc3c(-c4ccc(-c5ccc6c7c(cccc57)C(=O)N(C)C6=O)cc4)ccc(c23)C1=O. The first-order valence-electron chi connectivity index (χ1n) is 12.2. The molecule has 0 fully saturated rings. The van der Waals surface area contributed by atoms with Crippen LogP contribution >= 0.6 is 0 Å². The second kappa shape index (κ2) is 7.70. The van der Waals surface area contributed by atoms with Gasteiger partial charge in [0, 0.05) is 47.1 Å². The molecule has 182 valence electrons. The van der Waals surface area contributed by atoms with Gasteiger partial charge in [-0.1, -0.05) is 60.7 Å². The molecule has 2 aliphatic rings. The van der Waals surface area contributed by atoms with Crippen LogP contribution in [0.4, 0.5) is 0 Å². The Hall–Kier alpha value is -5.10. The molecule has 0 saturated heterocycles. The van der Waals surface area contributed by atoms with Crippen LogP contribution in [0, 0.1) is 0 Å². The standard InChI is InChI=1S/C32H20N2O4/c1-33-29(35)23-7-3-5-21-19(13-15-25(27(21)23)31(33)37)17-9-11-18(12-10-17)20-14-16-26-28-22(20)6-4-8-24(28)30(36)34(2)32(26)38/h3-16H,1-2H3. The van der Waals surface area contributed by atoms with Gasteiger partial charge in [-0.05, 0) is 57.3 Å². The van der Waals surface area contributed by atoms with E-state index in [0.717, 1.165) is 42.8 Å². The molecule has 38 heavy (non-hydrogen) atoms. The van der Waals surface area contributed by atoms with Crippen LogP contribution < -0.4 is 0 Å². The topological polar surface area (TPSA) is 74.8 Å². The van der Waals surface area contributed by atoms with Crippen molar-refractivity contribution < 1.29 is 19.2 Å². The molecule has 0 aromatic heterocycles. The molecule has 0 saturated carbocycles. The summed E-state index contributed by atoms with van der Waals surface area (Å²) in [6.45, 7) is 0. The van der Waals surface area contributed by atoms with Gasteiger partial charge in [0.1, 0.15) is 0 Å². The Bertz CT molecular complexity index is 1740. The second-order valence-electron chi connectivity index (χ2n) is 9.69. The van der Waals surface area contributed by atoms with Crippen molar-refractivity contribution in [1.29, 1.82) is 0 Å². The summed E-state index contributed by atoms with van der Waals surface area (Å²) in [6, 6.07) is 26.6. The summed E-state index contributed by atoms with van der Waals surface area (Å²) < 4.78 is 0. The van der Waals surface area contributed by atoms with Crippen molar-refractivity contribution in [2.45, 2.75) is 0 Å². The van der Waals surface area contributed by atoms with Crippen molar-refractivity contribution in [2.24, 2.45) is 0 Å². The van der Waals surface area contributed by atoms with Crippen LogP contribution in [0.5, 0.6) is 0 Å². The van der Waals surface area contributed by atoms with E-state index in [1.807, 2.05) is 60.7 Å². The molecule has 0 spiro atoms. The number of benzene rings is 5. The van der Waals surface area contributed by atoms with E-state index >= 15 is 0 Å². The molecule has 0 atom stereocenters. The molecule has 6 nitrogen and oxygen atoms in total. The highest BCUT2D eigenvalue weighted by Gasteiger charge is 2.32. The summed E-state index contributed by atoms with van der Waals surface area (Å²) >= 11 is 0. The Morgan fingerprint density at radius 1 is 0.395 bits per heavy atom. The van der Waals surface area contributed by atoms with E-state index in [1.165, 1.54) is 14.1 Å². The van der Waals surface area contributed by atoms with Crippen molar-refractivity contribution in [3.63, 3.8) is 0 Å². The Kier molecular flexibility index (Phi) is 4.48. The van der Waals surface area contributed by atoms with Crippen molar-refractivity contribution >= 4 is 45.2 Å². The third-order valence-corrected chi connectivity index (χ3v) is 7.73. The number of carbonyl (C=O) groups is 4. The number of hydrogen-bond acceptors (Lipinski definition) is 4. The van der Waals surface area contributed by atoms with Crippen LogP contribution in [-0.2, 0) is 0 Å². The Balaban J connectivity index is 1.37. The predicted octanol–water partition coefficient (Wildman–Crippen LogP) is 5.78. The van der Waals surface area contributed by atoms with Crippen molar-refractivity contribution in [3.8, 4) is 22.3 Å². The number of rotatable bonds is 2. The predicted molar refractivity (Wildman–Crippen MR) is 145 cm³/mol. The van der Waals surface area contributed by atoms with Gasteiger partial charge >= 0.3 is 0 Å². The van der Waals surface area contributed by atoms with Crippen LogP contribution in [0.25, 0.3) is 43.8 Å². The lowest BCUT2D eigenvalue weighted by atomic mass is 9.87. The molecule has 0 unspecified atom stereocenters. The highest BCUT2D eigenvalue weighted by Crippen LogP contribution is 2.39. The number of hydrogen-bond donors (Lipinski definition) is 0. The van der Waals surface area contributed by atoms with Gasteiger partial charge in [0.2, 0.25) is 0 Å². The molecule has 0 radical (unpaired) electrons. The normalized spacial score (nSPS) is 14.7. The average Bonchev–Trinajstić information content (AvgIpc) is 2.96. The number of carbonyl (C=O) groups excluding carboxylic acids is 4. The smallest absolute Gasteiger partial charge is 0.261 e. The monoisotopic (exact) mass is 496 g/mol. The van der Waals surface area contributed by atoms with Gasteiger partial charge < -0.3 is 0 Å². The van der Waals surface area contributed by atoms with Gasteiger partial charge in [0.25, 0.3) is 23.6 Å². The molecule has 4 amide bonds. The van der Waals surface area contributed by atoms with Gasteiger partial charge in [-0.2, -0.15) is 0 Å². The van der Waals surface area contributed by atoms with E-state index in [4.69, 9.17) is 0 Å². The molecule has 5 aromatic carbocycles. The maximum atomic E-state index is 12.8. The summed E-state index contributed by atoms with van der Waals surface area (Å²) in [5.41, 5.74) is 5.86. The van der Waals surface area contributed by atoms with Crippen LogP contribution in [0.15, 0.2) is 84.9 Å². The van der Waals surface area contributed by atoms with Crippen LogP contribution in [0.1, 0.15) is 41.4 Å². The zero-order valence-electron chi connectivity index (χ0n) is 20.6. The molecule has 2 aliphatic heterocycles. The number of nitrogens with zero attached hydrogens (tertiary/aromatic N) is 2. The lowest BCUT2D eigenvalue weighted by Gasteiger charge is -2.25. The first-order valence-corrected chi connectivity index (χ1v) is 12.2. The van der Waals surface area contributed by atoms with Crippen molar-refractivity contribution in [3.05, 3.63) is 107 Å². The second-order valence-corrected chi connectivity index (χ2v) is 9.69. The molecule has 2 heterocycles. The van der Waals surface area contributed by atoms with Gasteiger partial charge in [-0.15, -0.1) is 0 Å². The van der Waals surface area contributed by atoms with Crippen LogP contribution in [0.3, 0.4) is 0 Å². The molecule has 6 heteroatoms. The number of amides is 4. The molecular weight excluding hydrogens is 476 g/mol. The Labute approximate surface area is 217 Å². The van der Waals surface area contributed by atoms with E-state index in [1.54, 1.807) is 24.3 Å². The first-order chi connectivity index (χ1) is 18.4. The third-order valence-electron chi connectivity index (χ3n) is 7.73. The largest absolute Gasteiger partial charge is 0.277 e. The zero-order valence-corrected chi connectivity index (χ0v) is 20.6. The minimum atomic E-state index is -0.299. The summed E-state index contributed by atoms with van der Waals surface area (Å²) in [5, 5.41) is 3.07. The molecule has 0 bridgehead atoms. The fraction of sp³-hybridized carbons (Fsp3) is 0.0625. The highest BCUT2D eigenvalue weighted by atomic mass is 16.2. The summed E-state index contributed by atoms with van der Waals surface area (Å²) in [7, 11) is 3.01. The minimum absolute atomic E-state index is 0.299. The molecule has 5 aromatic rings. The van der Waals surface area contributed by atoms with E-state index in [9.17, 15) is 19.2 Å². The molecule has 7 rings (SSSR count). The first kappa shape index (κ1) is 22.1. The number of imide groups is 2. The molecule has 0 aliphatic carbocycles. The van der Waals surface area contributed by atoms with E-state index in [0.29, 0.717) is 33.0 Å². The maximum Gasteiger partial charge on any atom is 0.261 e. The highest BCUT2D eigenvalue weighted by molar-refractivity contribution is 6.28. The van der Waals surface area contributed by atoms with E-state index in [-0.39, 0.29) is 23.6 Å². The summed E-state index contributed by atoms with van der Waals surface area (Å²) in [5.74, 6) is -1.20. The van der Waals surface area contributed by atoms with Crippen LogP contribution in [0.2, 0.25) is 0 Å². The fourth-order valence-electron chi connectivity index (χ4n) is 5.77. The van der Waals surface area contributed by atoms with Gasteiger partial charge in [-0.25, -0.2) is 0 Å². The third kappa shape index (κ3) is 2.82. The van der Waals surface area contributed by atoms with E-state index < -0.39 is 0 Å². The lowest BCUT2D eigenvalue weighted by Crippen LogP contribution is -2.36. The molecule has 0 N–H and O–H groups in total. The lowest BCUT2D eigenvalue weighted by molar-refractivity contribution is 0.0635. The van der Waals surface area contributed by atoms with Gasteiger partial charge in [-0.3, -0.25) is 29.0 Å². The summed E-state index contributed by atoms with van der Waals surface area (Å²) in [6.07, 6.45) is 0. The fourth-order valence-corrected chi connectivity index (χ4v) is 5.77. The average molecular weight is 497 g/mol. The maximum absolute atomic E-state index is 12.8. The van der Waals surface area contributed by atoms with Gasteiger partial charge in [0.15, 0.2) is 0 Å². The molecular formula is C32H20N2O4. The van der Waals surface area contributed by atoms with Crippen LogP contribution in [-0.4, -0.2) is 47.5 Å². The van der Waals surface area contributed by atoms with Crippen molar-refractivity contribution in [2.75, 3.05) is 14.1 Å². The Morgan fingerprint density at radius 2 is 0.711 bits per heavy atom. The van der Waals surface area contributed by atoms with Gasteiger partial charge in [0.05, 0.1) is 0 Å². The minimum Gasteiger partial charge on any atom is -0.277 e. The van der Waals surface area contributed by atoms with E-state index in [2.05, 4.69) is 0 Å². The van der Waals surface area contributed by atoms with Crippen molar-refractivity contribution in [1.82, 2.24) is 9.80 Å². The quantitative estimate of drug-likeness (QED) is 0.291. The Morgan fingerprint density at radius 3 is 1.08 bits per heavy atom. The summed E-state index contributed by atoms with van der Waals surface area (Å²) in [4.78, 5) is 53.4. The zero-order chi connectivity index (χ0) is 26.3.